The van der Waals surface area contributed by atoms with E-state index in [1.54, 1.807) is 0 Å². The van der Waals surface area contributed by atoms with Gasteiger partial charge >= 0.3 is 0 Å². The summed E-state index contributed by atoms with van der Waals surface area (Å²) < 4.78 is 5.60. The summed E-state index contributed by atoms with van der Waals surface area (Å²) in [4.78, 5) is 5.18. The summed E-state index contributed by atoms with van der Waals surface area (Å²) in [5.41, 5.74) is 0.0347. The minimum atomic E-state index is 0.0347. The second-order valence-corrected chi connectivity index (χ2v) is 3.25. The normalized spacial score (nSPS) is 52.2. The molecule has 0 saturated carbocycles. The van der Waals surface area contributed by atoms with E-state index in [1.165, 1.54) is 0 Å². The van der Waals surface area contributed by atoms with Crippen LogP contribution in [0.1, 0.15) is 20.3 Å². The zero-order chi connectivity index (χ0) is 7.19. The molecule has 58 valence electrons. The molecule has 0 N–H and O–H groups in total. The third kappa shape index (κ3) is 0.944. The van der Waals surface area contributed by atoms with E-state index in [0.717, 1.165) is 19.6 Å². The summed E-state index contributed by atoms with van der Waals surface area (Å²) in [5.74, 6) is 0. The van der Waals surface area contributed by atoms with Crippen LogP contribution in [-0.4, -0.2) is 30.0 Å². The van der Waals surface area contributed by atoms with Gasteiger partial charge in [0.15, 0.2) is 6.23 Å². The van der Waals surface area contributed by atoms with Gasteiger partial charge in [-0.1, -0.05) is 6.92 Å². The first-order chi connectivity index (χ1) is 4.73. The molecule has 2 saturated heterocycles. The largest absolute Gasteiger partial charge is 0.370 e. The van der Waals surface area contributed by atoms with Crippen LogP contribution in [0.3, 0.4) is 0 Å². The summed E-state index contributed by atoms with van der Waals surface area (Å²) in [6.07, 6.45) is 1.33. The SMILES string of the molecule is CCC1(C)CN2OC2CO1. The lowest BCUT2D eigenvalue weighted by atomic mass is 10.0. The summed E-state index contributed by atoms with van der Waals surface area (Å²) in [6, 6.07) is 0. The lowest BCUT2D eigenvalue weighted by Crippen LogP contribution is -2.41. The van der Waals surface area contributed by atoms with Crippen molar-refractivity contribution < 1.29 is 9.57 Å². The van der Waals surface area contributed by atoms with Gasteiger partial charge in [0.05, 0.1) is 18.8 Å². The molecule has 0 radical (unpaired) electrons. The number of hydrogen-bond acceptors (Lipinski definition) is 3. The lowest BCUT2D eigenvalue weighted by Gasteiger charge is -2.30. The average molecular weight is 143 g/mol. The first-order valence-corrected chi connectivity index (χ1v) is 3.81. The molecule has 2 rings (SSSR count). The molecule has 0 bridgehead atoms. The summed E-state index contributed by atoms with van der Waals surface area (Å²) in [6.45, 7) is 5.94. The molecular weight excluding hydrogens is 130 g/mol. The molecular formula is C7H13NO2. The van der Waals surface area contributed by atoms with Crippen LogP contribution in [0, 0.1) is 0 Å². The second kappa shape index (κ2) is 1.94. The van der Waals surface area contributed by atoms with Crippen LogP contribution in [0.15, 0.2) is 0 Å². The minimum Gasteiger partial charge on any atom is -0.370 e. The molecule has 3 unspecified atom stereocenters. The van der Waals surface area contributed by atoms with Crippen molar-refractivity contribution in [3.63, 3.8) is 0 Å². The van der Waals surface area contributed by atoms with Crippen molar-refractivity contribution in [3.05, 3.63) is 0 Å². The highest BCUT2D eigenvalue weighted by molar-refractivity contribution is 4.85. The molecule has 0 aromatic heterocycles. The monoisotopic (exact) mass is 143 g/mol. The third-order valence-corrected chi connectivity index (χ3v) is 2.35. The predicted molar refractivity (Wildman–Crippen MR) is 36.2 cm³/mol. The molecule has 0 aromatic rings. The van der Waals surface area contributed by atoms with Crippen molar-refractivity contribution in [2.24, 2.45) is 0 Å². The molecule has 0 amide bonds. The Bertz CT molecular complexity index is 151. The molecule has 10 heavy (non-hydrogen) atoms. The first kappa shape index (κ1) is 6.58. The maximum Gasteiger partial charge on any atom is 0.177 e. The van der Waals surface area contributed by atoms with E-state index in [2.05, 4.69) is 13.8 Å². The Kier molecular flexibility index (Phi) is 1.27. The Morgan fingerprint density at radius 2 is 2.50 bits per heavy atom. The van der Waals surface area contributed by atoms with Gasteiger partial charge in [-0.3, -0.25) is 4.84 Å². The summed E-state index contributed by atoms with van der Waals surface area (Å²) >= 11 is 0. The smallest absolute Gasteiger partial charge is 0.177 e. The molecule has 2 heterocycles. The van der Waals surface area contributed by atoms with E-state index >= 15 is 0 Å². The van der Waals surface area contributed by atoms with Crippen molar-refractivity contribution in [2.45, 2.75) is 32.1 Å². The van der Waals surface area contributed by atoms with Crippen LogP contribution < -0.4 is 0 Å². The summed E-state index contributed by atoms with van der Waals surface area (Å²) in [5, 5.41) is 1.99. The molecule has 2 aliphatic heterocycles. The number of fused-ring (bicyclic) bond motifs is 1. The fraction of sp³-hybridized carbons (Fsp3) is 1.00. The minimum absolute atomic E-state index is 0.0347. The zero-order valence-corrected chi connectivity index (χ0v) is 6.46. The van der Waals surface area contributed by atoms with Gasteiger partial charge in [0.2, 0.25) is 0 Å². The molecule has 3 heteroatoms. The highest BCUT2D eigenvalue weighted by atomic mass is 16.9. The molecule has 0 spiro atoms. The van der Waals surface area contributed by atoms with Crippen LogP contribution in [0.4, 0.5) is 0 Å². The lowest BCUT2D eigenvalue weighted by molar-refractivity contribution is -0.0726. The predicted octanol–water partition coefficient (Wildman–Crippen LogP) is 0.759. The van der Waals surface area contributed by atoms with Gasteiger partial charge in [0.25, 0.3) is 0 Å². The number of nitrogens with zero attached hydrogens (tertiary/aromatic N) is 1. The Hall–Kier alpha value is -0.120. The van der Waals surface area contributed by atoms with Gasteiger partial charge in [-0.15, -0.1) is 0 Å². The third-order valence-electron chi connectivity index (χ3n) is 2.35. The van der Waals surface area contributed by atoms with Gasteiger partial charge < -0.3 is 4.74 Å². The number of morpholine rings is 1. The van der Waals surface area contributed by atoms with Crippen molar-refractivity contribution in [1.82, 2.24) is 5.06 Å². The van der Waals surface area contributed by atoms with Crippen molar-refractivity contribution in [3.8, 4) is 0 Å². The van der Waals surface area contributed by atoms with E-state index in [1.807, 2.05) is 5.06 Å². The van der Waals surface area contributed by atoms with Crippen molar-refractivity contribution in [1.29, 1.82) is 0 Å². The van der Waals surface area contributed by atoms with Gasteiger partial charge in [0, 0.05) is 0 Å². The first-order valence-electron chi connectivity index (χ1n) is 3.81. The van der Waals surface area contributed by atoms with Gasteiger partial charge in [-0.25, -0.2) is 0 Å². The maximum absolute atomic E-state index is 5.60. The van der Waals surface area contributed by atoms with Crippen LogP contribution in [0.5, 0.6) is 0 Å². The molecule has 2 aliphatic rings. The fourth-order valence-corrected chi connectivity index (χ4v) is 1.24. The highest BCUT2D eigenvalue weighted by Crippen LogP contribution is 2.32. The highest BCUT2D eigenvalue weighted by Gasteiger charge is 2.47. The van der Waals surface area contributed by atoms with Gasteiger partial charge in [-0.05, 0) is 13.3 Å². The second-order valence-electron chi connectivity index (χ2n) is 3.25. The van der Waals surface area contributed by atoms with E-state index in [9.17, 15) is 0 Å². The Morgan fingerprint density at radius 3 is 3.10 bits per heavy atom. The topological polar surface area (TPSA) is 24.8 Å². The summed E-state index contributed by atoms with van der Waals surface area (Å²) in [7, 11) is 0. The molecule has 0 aliphatic carbocycles. The quantitative estimate of drug-likeness (QED) is 0.506. The number of hydrogen-bond donors (Lipinski definition) is 0. The maximum atomic E-state index is 5.60. The van der Waals surface area contributed by atoms with Gasteiger partial charge in [0.1, 0.15) is 0 Å². The Morgan fingerprint density at radius 1 is 1.70 bits per heavy atom. The van der Waals surface area contributed by atoms with E-state index in [0.29, 0.717) is 0 Å². The average Bonchev–Trinajstić information content (AvgIpc) is 2.66. The number of ether oxygens (including phenoxy) is 1. The molecule has 3 atom stereocenters. The van der Waals surface area contributed by atoms with Crippen LogP contribution in [-0.2, 0) is 9.57 Å². The van der Waals surface area contributed by atoms with E-state index in [4.69, 9.17) is 9.57 Å². The Labute approximate surface area is 60.9 Å². The van der Waals surface area contributed by atoms with Crippen molar-refractivity contribution >= 4 is 0 Å². The van der Waals surface area contributed by atoms with Crippen LogP contribution in [0.25, 0.3) is 0 Å². The molecule has 2 fully saturated rings. The zero-order valence-electron chi connectivity index (χ0n) is 6.46. The molecule has 0 aromatic carbocycles. The van der Waals surface area contributed by atoms with Gasteiger partial charge in [-0.2, -0.15) is 5.06 Å². The molecule has 3 nitrogen and oxygen atoms in total. The fourth-order valence-electron chi connectivity index (χ4n) is 1.24. The van der Waals surface area contributed by atoms with Crippen LogP contribution >= 0.6 is 0 Å². The number of hydroxylamine groups is 2. The number of rotatable bonds is 1. The van der Waals surface area contributed by atoms with E-state index < -0.39 is 0 Å². The van der Waals surface area contributed by atoms with Crippen molar-refractivity contribution in [2.75, 3.05) is 13.2 Å². The standard InChI is InChI=1S/C7H13NO2/c1-3-7(2)5-8-6(10-8)4-9-7/h6H,3-5H2,1-2H3. The Balaban J connectivity index is 1.98. The van der Waals surface area contributed by atoms with Crippen LogP contribution in [0.2, 0.25) is 0 Å². The van der Waals surface area contributed by atoms with E-state index in [-0.39, 0.29) is 11.8 Å².